The number of hydrogen-bond acceptors (Lipinski definition) is 7. The van der Waals surface area contributed by atoms with Crippen LogP contribution in [0, 0.1) is 0 Å². The summed E-state index contributed by atoms with van der Waals surface area (Å²) in [5.74, 6) is -0.327. The molecule has 0 unspecified atom stereocenters. The van der Waals surface area contributed by atoms with Crippen LogP contribution < -0.4 is 5.73 Å². The van der Waals surface area contributed by atoms with Gasteiger partial charge in [0.2, 0.25) is 5.96 Å². The van der Waals surface area contributed by atoms with Crippen LogP contribution in [0.1, 0.15) is 0 Å². The van der Waals surface area contributed by atoms with Gasteiger partial charge in [0.1, 0.15) is 12.1 Å². The van der Waals surface area contributed by atoms with Crippen molar-refractivity contribution >= 4 is 5.96 Å². The highest BCUT2D eigenvalue weighted by Crippen LogP contribution is 2.12. The van der Waals surface area contributed by atoms with Crippen LogP contribution in [0.4, 0.5) is 0 Å². The lowest BCUT2D eigenvalue weighted by Crippen LogP contribution is -2.57. The summed E-state index contributed by atoms with van der Waals surface area (Å²) >= 11 is 0. The van der Waals surface area contributed by atoms with Gasteiger partial charge in [-0.2, -0.15) is 5.06 Å². The number of nitrogens with two attached hydrogens (primary N) is 1. The quantitative estimate of drug-likeness (QED) is 0.292. The molecule has 6 N–H and O–H groups in total. The van der Waals surface area contributed by atoms with Crippen LogP contribution in [0.2, 0.25) is 0 Å². The van der Waals surface area contributed by atoms with E-state index in [2.05, 4.69) is 4.99 Å². The molecule has 0 aromatic carbocycles. The van der Waals surface area contributed by atoms with Gasteiger partial charge in [-0.05, 0) is 0 Å². The van der Waals surface area contributed by atoms with E-state index in [1.54, 1.807) is 0 Å². The van der Waals surface area contributed by atoms with Crippen molar-refractivity contribution < 1.29 is 20.5 Å². The van der Waals surface area contributed by atoms with E-state index in [0.29, 0.717) is 0 Å². The number of aliphatic imine (C=N–C) groups is 1. The van der Waals surface area contributed by atoms with E-state index in [4.69, 9.17) is 26.3 Å². The molecule has 0 radical (unpaired) electrons. The fourth-order valence-electron chi connectivity index (χ4n) is 0.933. The number of aliphatic hydroxyl groups excluding tert-OH is 3. The highest BCUT2D eigenvalue weighted by molar-refractivity contribution is 5.78. The second-order valence-electron chi connectivity index (χ2n) is 2.49. The Morgan fingerprint density at radius 3 is 2.58 bits per heavy atom. The summed E-state index contributed by atoms with van der Waals surface area (Å²) < 4.78 is 0. The Hall–Kier alpha value is -0.890. The summed E-state index contributed by atoms with van der Waals surface area (Å²) in [4.78, 5) is 3.52. The average Bonchev–Trinajstić information content (AvgIpc) is 2.08. The summed E-state index contributed by atoms with van der Waals surface area (Å²) in [7, 11) is 0. The smallest absolute Gasteiger partial charge is 0.218 e. The minimum Gasteiger partial charge on any atom is -0.394 e. The molecule has 0 fully saturated rings. The molecule has 12 heavy (non-hydrogen) atoms. The minimum absolute atomic E-state index is 0.247. The predicted octanol–water partition coefficient (Wildman–Crippen LogP) is -2.95. The molecule has 1 aliphatic heterocycles. The Bertz CT molecular complexity index is 197. The molecule has 0 spiro atoms. The maximum atomic E-state index is 9.15. The Morgan fingerprint density at radius 2 is 2.08 bits per heavy atom. The molecule has 3 atom stereocenters. The van der Waals surface area contributed by atoms with Crippen LogP contribution in [0.5, 0.6) is 0 Å². The van der Waals surface area contributed by atoms with Crippen molar-refractivity contribution in [3.05, 3.63) is 0 Å². The first-order valence-corrected chi connectivity index (χ1v) is 3.36. The minimum atomic E-state index is -1.54. The molecule has 0 bridgehead atoms. The van der Waals surface area contributed by atoms with Crippen LogP contribution in [0.15, 0.2) is 4.99 Å². The Balaban J connectivity index is 2.83. The first-order valence-electron chi connectivity index (χ1n) is 3.36. The van der Waals surface area contributed by atoms with E-state index in [0.717, 1.165) is 0 Å². The van der Waals surface area contributed by atoms with E-state index < -0.39 is 25.0 Å². The summed E-state index contributed by atoms with van der Waals surface area (Å²) in [6.07, 6.45) is -2.88. The highest BCUT2D eigenvalue weighted by atomic mass is 16.5. The lowest BCUT2D eigenvalue weighted by atomic mass is 10.1. The van der Waals surface area contributed by atoms with Crippen molar-refractivity contribution in [2.75, 3.05) is 6.61 Å². The number of nitrogens with zero attached hydrogens (tertiary/aromatic N) is 2. The zero-order valence-corrected chi connectivity index (χ0v) is 6.20. The molecule has 70 valence electrons. The van der Waals surface area contributed by atoms with Gasteiger partial charge in [0.05, 0.1) is 6.61 Å². The molecule has 7 nitrogen and oxygen atoms in total. The van der Waals surface area contributed by atoms with Crippen LogP contribution in [0.3, 0.4) is 0 Å². The topological polar surface area (TPSA) is 123 Å². The second-order valence-corrected chi connectivity index (χ2v) is 2.49. The molecule has 0 aromatic rings. The van der Waals surface area contributed by atoms with E-state index in [1.165, 1.54) is 0 Å². The molecular weight excluding hydrogens is 166 g/mol. The standard InChI is InChI=1S/C5H11N3O4/c6-5-7-2(1-9)3(10)4(11)8(5)12/h2-4,9-12H,1H2,(H2,6,7)/t2-,3+,4-/m1/s1. The van der Waals surface area contributed by atoms with Crippen LogP contribution in [-0.4, -0.2) is 56.5 Å². The molecule has 1 heterocycles. The summed E-state index contributed by atoms with van der Waals surface area (Å²) in [5.41, 5.74) is 5.14. The normalized spacial score (nSPS) is 36.5. The van der Waals surface area contributed by atoms with Gasteiger partial charge in [-0.3, -0.25) is 5.21 Å². The van der Waals surface area contributed by atoms with Crippen LogP contribution in [0.25, 0.3) is 0 Å². The molecule has 0 amide bonds. The van der Waals surface area contributed by atoms with Crippen molar-refractivity contribution in [1.29, 1.82) is 0 Å². The number of aliphatic hydroxyl groups is 3. The van der Waals surface area contributed by atoms with Gasteiger partial charge >= 0.3 is 0 Å². The third-order valence-electron chi connectivity index (χ3n) is 1.67. The Morgan fingerprint density at radius 1 is 1.50 bits per heavy atom. The zero-order valence-electron chi connectivity index (χ0n) is 6.20. The first-order chi connectivity index (χ1) is 5.57. The van der Waals surface area contributed by atoms with Gasteiger partial charge in [0.25, 0.3) is 0 Å². The van der Waals surface area contributed by atoms with E-state index in [9.17, 15) is 0 Å². The third kappa shape index (κ3) is 1.34. The maximum absolute atomic E-state index is 9.15. The Labute approximate surface area is 68.3 Å². The number of rotatable bonds is 1. The van der Waals surface area contributed by atoms with Crippen molar-refractivity contribution in [2.24, 2.45) is 10.7 Å². The largest absolute Gasteiger partial charge is 0.394 e. The van der Waals surface area contributed by atoms with Gasteiger partial charge < -0.3 is 21.1 Å². The van der Waals surface area contributed by atoms with Gasteiger partial charge in [-0.1, -0.05) is 0 Å². The lowest BCUT2D eigenvalue weighted by molar-refractivity contribution is -0.193. The second kappa shape index (κ2) is 3.23. The SMILES string of the molecule is NC1=N[C@H](CO)[C@H](O)[C@@H](O)N1O. The number of guanidine groups is 1. The fraction of sp³-hybridized carbons (Fsp3) is 0.800. The van der Waals surface area contributed by atoms with Gasteiger partial charge in [-0.15, -0.1) is 0 Å². The fourth-order valence-corrected chi connectivity index (χ4v) is 0.933. The summed E-state index contributed by atoms with van der Waals surface area (Å²) in [6.45, 7) is -0.438. The van der Waals surface area contributed by atoms with Crippen LogP contribution >= 0.6 is 0 Å². The predicted molar refractivity (Wildman–Crippen MR) is 38.1 cm³/mol. The Kier molecular flexibility index (Phi) is 2.48. The highest BCUT2D eigenvalue weighted by Gasteiger charge is 2.35. The first kappa shape index (κ1) is 9.20. The van der Waals surface area contributed by atoms with Crippen molar-refractivity contribution in [3.63, 3.8) is 0 Å². The van der Waals surface area contributed by atoms with Gasteiger partial charge in [-0.25, -0.2) is 4.99 Å². The molecule has 0 aliphatic carbocycles. The van der Waals surface area contributed by atoms with Crippen molar-refractivity contribution in [2.45, 2.75) is 18.4 Å². The summed E-state index contributed by atoms with van der Waals surface area (Å²) in [5, 5.41) is 36.0. The molecular formula is C5H11N3O4. The maximum Gasteiger partial charge on any atom is 0.218 e. The van der Waals surface area contributed by atoms with Gasteiger partial charge in [0.15, 0.2) is 6.23 Å². The van der Waals surface area contributed by atoms with Crippen molar-refractivity contribution in [1.82, 2.24) is 5.06 Å². The van der Waals surface area contributed by atoms with E-state index >= 15 is 0 Å². The lowest BCUT2D eigenvalue weighted by Gasteiger charge is -2.33. The van der Waals surface area contributed by atoms with Crippen LogP contribution in [-0.2, 0) is 0 Å². The molecule has 1 aliphatic rings. The third-order valence-corrected chi connectivity index (χ3v) is 1.67. The van der Waals surface area contributed by atoms with E-state index in [1.807, 2.05) is 0 Å². The molecule has 0 aromatic heterocycles. The molecule has 7 heteroatoms. The van der Waals surface area contributed by atoms with Gasteiger partial charge in [0, 0.05) is 0 Å². The molecule has 0 saturated heterocycles. The molecule has 1 rings (SSSR count). The van der Waals surface area contributed by atoms with E-state index in [-0.39, 0.29) is 11.0 Å². The van der Waals surface area contributed by atoms with Crippen molar-refractivity contribution in [3.8, 4) is 0 Å². The monoisotopic (exact) mass is 177 g/mol. The zero-order chi connectivity index (χ0) is 9.30. The average molecular weight is 177 g/mol. The number of hydroxylamine groups is 2. The number of hydrogen-bond donors (Lipinski definition) is 5. The molecule has 0 saturated carbocycles. The summed E-state index contributed by atoms with van der Waals surface area (Å²) in [6, 6.07) is -0.886.